The van der Waals surface area contributed by atoms with E-state index in [4.69, 9.17) is 24.8 Å². The molecule has 2 amide bonds. The van der Waals surface area contributed by atoms with Gasteiger partial charge in [0.1, 0.15) is 42.0 Å². The normalized spacial score (nSPS) is 23.1. The summed E-state index contributed by atoms with van der Waals surface area (Å²) in [6, 6.07) is 6.41. The number of benzene rings is 1. The number of carbonyl (C=O) groups excluding carboxylic acids is 3. The molecule has 3 N–H and O–H groups in total. The van der Waals surface area contributed by atoms with Gasteiger partial charge in [-0.1, -0.05) is 17.3 Å². The van der Waals surface area contributed by atoms with Crippen molar-refractivity contribution in [3.63, 3.8) is 0 Å². The van der Waals surface area contributed by atoms with E-state index in [0.29, 0.717) is 11.5 Å². The summed E-state index contributed by atoms with van der Waals surface area (Å²) >= 11 is 2.54. The van der Waals surface area contributed by atoms with Crippen LogP contribution in [0.3, 0.4) is 0 Å². The number of thioether (sulfide) groups is 1. The van der Waals surface area contributed by atoms with Crippen LogP contribution in [0, 0.1) is 5.41 Å². The molecular weight excluding hydrogens is 522 g/mol. The average molecular weight is 550 g/mol. The molecule has 0 saturated carbocycles. The molecule has 0 bridgehead atoms. The molecule has 0 aliphatic carbocycles. The summed E-state index contributed by atoms with van der Waals surface area (Å²) in [6.45, 7) is 0.287. The summed E-state index contributed by atoms with van der Waals surface area (Å²) < 4.78 is 16.1. The number of nitrogens with zero attached hydrogens (tertiary/aromatic N) is 3. The van der Waals surface area contributed by atoms with Crippen molar-refractivity contribution in [3.8, 4) is 5.75 Å². The molecule has 14 heteroatoms. The average Bonchev–Trinajstić information content (AvgIpc) is 3.34. The minimum absolute atomic E-state index is 0.0811. The van der Waals surface area contributed by atoms with Gasteiger partial charge in [0.05, 0.1) is 13.7 Å². The van der Waals surface area contributed by atoms with Crippen molar-refractivity contribution in [2.75, 3.05) is 46.0 Å². The minimum atomic E-state index is -1.03. The third-order valence-corrected chi connectivity index (χ3v) is 8.24. The molecule has 1 aromatic heterocycles. The van der Waals surface area contributed by atoms with Gasteiger partial charge in [0, 0.05) is 24.8 Å². The molecule has 3 atom stereocenters. The largest absolute Gasteiger partial charge is 0.497 e. The number of fused-ring (bicyclic) bond motifs is 1. The quantitative estimate of drug-likeness (QED) is 0.189. The fourth-order valence-corrected chi connectivity index (χ4v) is 6.16. The number of amides is 2. The number of nitrogens with two attached hydrogens (primary N) is 1. The lowest BCUT2D eigenvalue weighted by Gasteiger charge is -2.53. The second-order valence-corrected chi connectivity index (χ2v) is 10.4. The van der Waals surface area contributed by atoms with Crippen LogP contribution in [0.15, 0.2) is 34.8 Å². The van der Waals surface area contributed by atoms with Crippen molar-refractivity contribution in [2.24, 2.45) is 10.6 Å². The molecule has 0 radical (unpaired) electrons. The van der Waals surface area contributed by atoms with E-state index in [-0.39, 0.29) is 47.6 Å². The van der Waals surface area contributed by atoms with Gasteiger partial charge in [0.15, 0.2) is 10.8 Å². The van der Waals surface area contributed by atoms with Gasteiger partial charge in [-0.2, -0.15) is 0 Å². The zero-order chi connectivity index (χ0) is 26.6. The number of nitrogens with one attached hydrogen (secondary N) is 1. The van der Waals surface area contributed by atoms with Crippen LogP contribution in [0.5, 0.6) is 5.75 Å². The standard InChI is InChI=1S/C23H27N5O7S2/c1-32-11-23(21(31)35-8-13-4-6-14(33-2)7-5-13)10-28-19(30)17(20(28)37-12-23)26-18(29)16(27-34-3)15-9-36-22(24)25-15/h4-7,9,17,20H,8,10-12H2,1-3H3,(H2,24,25)(H,26,29)/t17?,20-,23?/m1/s1. The maximum atomic E-state index is 13.2. The number of methoxy groups -OCH3 is 2. The van der Waals surface area contributed by atoms with Crippen molar-refractivity contribution in [2.45, 2.75) is 18.0 Å². The number of carbonyl (C=O) groups is 3. The summed E-state index contributed by atoms with van der Waals surface area (Å²) in [5, 5.41) is 7.96. The Hall–Kier alpha value is -3.36. The summed E-state index contributed by atoms with van der Waals surface area (Å²) in [4.78, 5) is 49.5. The number of hydrogen-bond acceptors (Lipinski definition) is 12. The molecule has 37 heavy (non-hydrogen) atoms. The number of thiazole rings is 1. The Kier molecular flexibility index (Phi) is 8.19. The van der Waals surface area contributed by atoms with E-state index < -0.39 is 23.3 Å². The van der Waals surface area contributed by atoms with Crippen LogP contribution in [0.4, 0.5) is 5.13 Å². The van der Waals surface area contributed by atoms with Crippen LogP contribution in [0.2, 0.25) is 0 Å². The number of nitrogen functional groups attached to an aromatic ring is 1. The first-order chi connectivity index (χ1) is 17.8. The van der Waals surface area contributed by atoms with Gasteiger partial charge >= 0.3 is 5.97 Å². The Labute approximate surface area is 221 Å². The number of rotatable bonds is 10. The smallest absolute Gasteiger partial charge is 0.317 e. The topological polar surface area (TPSA) is 155 Å². The Morgan fingerprint density at radius 1 is 1.27 bits per heavy atom. The number of aromatic nitrogens is 1. The van der Waals surface area contributed by atoms with Crippen molar-refractivity contribution in [1.29, 1.82) is 0 Å². The Morgan fingerprint density at radius 3 is 2.65 bits per heavy atom. The van der Waals surface area contributed by atoms with E-state index >= 15 is 0 Å². The molecule has 198 valence electrons. The predicted octanol–water partition coefficient (Wildman–Crippen LogP) is 0.861. The lowest BCUT2D eigenvalue weighted by Crippen LogP contribution is -2.74. The molecule has 2 aromatic rings. The monoisotopic (exact) mass is 549 g/mol. The van der Waals surface area contributed by atoms with Crippen molar-refractivity contribution < 1.29 is 33.4 Å². The van der Waals surface area contributed by atoms with Gasteiger partial charge in [0.25, 0.3) is 5.91 Å². The highest BCUT2D eigenvalue weighted by molar-refractivity contribution is 8.00. The van der Waals surface area contributed by atoms with E-state index in [1.807, 2.05) is 12.1 Å². The molecule has 1 aromatic carbocycles. The maximum absolute atomic E-state index is 13.2. The fourth-order valence-electron chi connectivity index (χ4n) is 4.10. The molecule has 12 nitrogen and oxygen atoms in total. The third kappa shape index (κ3) is 5.50. The molecule has 2 saturated heterocycles. The SMILES string of the molecule is COCC1(C(=O)OCc2ccc(OC)cc2)CS[C@@H]2C(NC(=O)C(=NOC)c3csc(N)n3)C(=O)N2C1. The first kappa shape index (κ1) is 26.7. The Morgan fingerprint density at radius 2 is 2.03 bits per heavy atom. The molecular formula is C23H27N5O7S2. The highest BCUT2D eigenvalue weighted by atomic mass is 32.2. The van der Waals surface area contributed by atoms with Crippen molar-refractivity contribution in [3.05, 3.63) is 40.9 Å². The third-order valence-electron chi connectivity index (χ3n) is 5.98. The molecule has 3 heterocycles. The van der Waals surface area contributed by atoms with Gasteiger partial charge < -0.3 is 35.0 Å². The molecule has 0 spiro atoms. The number of esters is 1. The molecule has 2 fully saturated rings. The van der Waals surface area contributed by atoms with E-state index in [0.717, 1.165) is 16.9 Å². The number of β-lactam (4-membered cyclic amide) rings is 1. The van der Waals surface area contributed by atoms with E-state index in [1.165, 1.54) is 26.0 Å². The number of ether oxygens (including phenoxy) is 3. The predicted molar refractivity (Wildman–Crippen MR) is 137 cm³/mol. The van der Waals surface area contributed by atoms with E-state index in [9.17, 15) is 14.4 Å². The zero-order valence-electron chi connectivity index (χ0n) is 20.5. The van der Waals surface area contributed by atoms with Gasteiger partial charge in [-0.05, 0) is 17.7 Å². The lowest BCUT2D eigenvalue weighted by molar-refractivity contribution is -0.167. The minimum Gasteiger partial charge on any atom is -0.497 e. The number of oxime groups is 1. The van der Waals surface area contributed by atoms with Crippen molar-refractivity contribution >= 4 is 51.7 Å². The molecule has 2 aliphatic rings. The second kappa shape index (κ2) is 11.4. The first-order valence-electron chi connectivity index (χ1n) is 11.2. The van der Waals surface area contributed by atoms with Crippen LogP contribution in [0.25, 0.3) is 0 Å². The Balaban J connectivity index is 1.40. The van der Waals surface area contributed by atoms with Crippen molar-refractivity contribution in [1.82, 2.24) is 15.2 Å². The second-order valence-electron chi connectivity index (χ2n) is 8.45. The van der Waals surface area contributed by atoms with Crippen LogP contribution >= 0.6 is 23.1 Å². The fraction of sp³-hybridized carbons (Fsp3) is 0.435. The van der Waals surface area contributed by atoms with E-state index in [2.05, 4.69) is 15.5 Å². The van der Waals surface area contributed by atoms with Gasteiger partial charge in [0.2, 0.25) is 5.91 Å². The molecule has 4 rings (SSSR count). The summed E-state index contributed by atoms with van der Waals surface area (Å²) in [7, 11) is 4.38. The lowest BCUT2D eigenvalue weighted by atomic mass is 9.88. The van der Waals surface area contributed by atoms with Crippen LogP contribution in [-0.2, 0) is 35.3 Å². The maximum Gasteiger partial charge on any atom is 0.317 e. The summed E-state index contributed by atoms with van der Waals surface area (Å²) in [5.74, 6) is -0.325. The molecule has 2 aliphatic heterocycles. The first-order valence-corrected chi connectivity index (χ1v) is 13.1. The van der Waals surface area contributed by atoms with Crippen LogP contribution < -0.4 is 15.8 Å². The van der Waals surface area contributed by atoms with E-state index in [1.54, 1.807) is 29.5 Å². The van der Waals surface area contributed by atoms with Crippen LogP contribution in [0.1, 0.15) is 11.3 Å². The van der Waals surface area contributed by atoms with Gasteiger partial charge in [-0.15, -0.1) is 23.1 Å². The van der Waals surface area contributed by atoms with Gasteiger partial charge in [-0.3, -0.25) is 14.4 Å². The summed E-state index contributed by atoms with van der Waals surface area (Å²) in [6.07, 6.45) is 0. The van der Waals surface area contributed by atoms with Gasteiger partial charge in [-0.25, -0.2) is 4.98 Å². The highest BCUT2D eigenvalue weighted by Gasteiger charge is 2.58. The Bertz CT molecular complexity index is 1190. The number of hydrogen-bond donors (Lipinski definition) is 2. The van der Waals surface area contributed by atoms with Crippen LogP contribution in [-0.4, -0.2) is 85.0 Å². The highest BCUT2D eigenvalue weighted by Crippen LogP contribution is 2.43. The zero-order valence-corrected chi connectivity index (χ0v) is 22.1. The number of anilines is 1. The molecule has 2 unspecified atom stereocenters. The summed E-state index contributed by atoms with van der Waals surface area (Å²) in [5.41, 5.74) is 5.60.